The van der Waals surface area contributed by atoms with Crippen molar-refractivity contribution in [3.8, 4) is 12.3 Å². The molecule has 14 heavy (non-hydrogen) atoms. The summed E-state index contributed by atoms with van der Waals surface area (Å²) in [6.07, 6.45) is 4.38. The molecule has 0 aromatic heterocycles. The summed E-state index contributed by atoms with van der Waals surface area (Å²) in [5.74, 6) is -0.0563. The van der Waals surface area contributed by atoms with Crippen LogP contribution < -0.4 is 34.7 Å². The molecule has 0 aliphatic rings. The third-order valence-corrected chi connectivity index (χ3v) is 1.60. The Morgan fingerprint density at radius 3 is 2.50 bits per heavy atom. The van der Waals surface area contributed by atoms with Gasteiger partial charge in [0.15, 0.2) is 0 Å². The Kier molecular flexibility index (Phi) is 9.72. The Balaban J connectivity index is 0. The molecule has 0 heterocycles. The fraction of sp³-hybridized carbons (Fsp3) is 0.250. The van der Waals surface area contributed by atoms with Gasteiger partial charge < -0.3 is 14.6 Å². The second-order valence-electron chi connectivity index (χ2n) is 2.04. The molecule has 0 aliphatic heterocycles. The monoisotopic (exact) mass is 316 g/mol. The Bertz CT molecular complexity index is 282. The molecule has 0 saturated heterocycles. The normalized spacial score (nSPS) is 10.3. The van der Waals surface area contributed by atoms with E-state index in [0.29, 0.717) is 0 Å². The zero-order valence-electron chi connectivity index (χ0n) is 7.58. The number of hydrogen-bond donors (Lipinski definition) is 0. The standard InChI is InChI=1S/C8H7IO4.Na/c1-3-6(9)13-8(12)5(2)4-7(10)11;/h1,6H,2,4H2,(H,10,11);/q;+1/p-1. The molecule has 1 unspecified atom stereocenters. The van der Waals surface area contributed by atoms with Crippen molar-refractivity contribution in [1.82, 2.24) is 0 Å². The van der Waals surface area contributed by atoms with Crippen LogP contribution in [0.25, 0.3) is 0 Å². The fourth-order valence-electron chi connectivity index (χ4n) is 0.458. The minimum Gasteiger partial charge on any atom is -0.550 e. The number of carboxylic acid groups (broad SMARTS) is 1. The molecule has 1 atom stereocenters. The number of esters is 1. The first-order valence-corrected chi connectivity index (χ1v) is 4.40. The smallest absolute Gasteiger partial charge is 0.550 e. The first-order valence-electron chi connectivity index (χ1n) is 3.16. The maximum Gasteiger partial charge on any atom is 1.00 e. The molecule has 0 radical (unpaired) electrons. The van der Waals surface area contributed by atoms with E-state index in [1.807, 2.05) is 0 Å². The van der Waals surface area contributed by atoms with Gasteiger partial charge in [-0.15, -0.1) is 6.42 Å². The van der Waals surface area contributed by atoms with Gasteiger partial charge >= 0.3 is 35.5 Å². The van der Waals surface area contributed by atoms with E-state index in [9.17, 15) is 14.7 Å². The van der Waals surface area contributed by atoms with E-state index in [1.54, 1.807) is 22.6 Å². The number of ether oxygens (including phenoxy) is 1. The van der Waals surface area contributed by atoms with Crippen molar-refractivity contribution in [1.29, 1.82) is 0 Å². The van der Waals surface area contributed by atoms with E-state index < -0.39 is 22.5 Å². The zero-order valence-corrected chi connectivity index (χ0v) is 11.7. The van der Waals surface area contributed by atoms with Crippen LogP contribution in [0.1, 0.15) is 6.42 Å². The van der Waals surface area contributed by atoms with Crippen molar-refractivity contribution in [2.75, 3.05) is 0 Å². The van der Waals surface area contributed by atoms with Crippen molar-refractivity contribution in [3.63, 3.8) is 0 Å². The molecule has 0 rings (SSSR count). The first kappa shape index (κ1) is 16.4. The van der Waals surface area contributed by atoms with Gasteiger partial charge in [-0.1, -0.05) is 12.5 Å². The molecular formula is C8H6INaO4. The molecule has 0 amide bonds. The van der Waals surface area contributed by atoms with Crippen LogP contribution in [0, 0.1) is 12.3 Å². The number of aliphatic carboxylic acids is 1. The summed E-state index contributed by atoms with van der Waals surface area (Å²) >= 11 is 1.70. The second-order valence-corrected chi connectivity index (χ2v) is 3.17. The SMILES string of the molecule is C#CC(I)OC(=O)C(=C)CC(=O)[O-].[Na+]. The maximum atomic E-state index is 10.9. The van der Waals surface area contributed by atoms with Gasteiger partial charge in [0.05, 0.1) is 0 Å². The Morgan fingerprint density at radius 2 is 2.14 bits per heavy atom. The molecule has 70 valence electrons. The zero-order chi connectivity index (χ0) is 10.4. The van der Waals surface area contributed by atoms with Crippen LogP contribution in [0.15, 0.2) is 12.2 Å². The summed E-state index contributed by atoms with van der Waals surface area (Å²) in [4.78, 5) is 21.0. The summed E-state index contributed by atoms with van der Waals surface area (Å²) in [6.45, 7) is 3.21. The molecule has 0 saturated carbocycles. The number of rotatable bonds is 4. The summed E-state index contributed by atoms with van der Waals surface area (Å²) < 4.78 is 3.86. The number of terminal acetylenes is 1. The van der Waals surface area contributed by atoms with Crippen LogP contribution in [0.5, 0.6) is 0 Å². The van der Waals surface area contributed by atoms with Crippen molar-refractivity contribution >= 4 is 34.5 Å². The van der Waals surface area contributed by atoms with E-state index in [2.05, 4.69) is 17.2 Å². The van der Waals surface area contributed by atoms with E-state index in [4.69, 9.17) is 6.42 Å². The number of alkyl halides is 1. The molecule has 0 bridgehead atoms. The molecule has 6 heteroatoms. The maximum absolute atomic E-state index is 10.9. The van der Waals surface area contributed by atoms with Gasteiger partial charge in [-0.3, -0.25) is 0 Å². The van der Waals surface area contributed by atoms with Crippen LogP contribution >= 0.6 is 22.6 Å². The third kappa shape index (κ3) is 7.38. The molecule has 0 aliphatic carbocycles. The van der Waals surface area contributed by atoms with Gasteiger partial charge in [0.1, 0.15) is 0 Å². The van der Waals surface area contributed by atoms with Crippen LogP contribution in [-0.4, -0.2) is 16.0 Å². The average molecular weight is 316 g/mol. The van der Waals surface area contributed by atoms with E-state index in [0.717, 1.165) is 0 Å². The first-order chi connectivity index (χ1) is 5.97. The fourth-order valence-corrected chi connectivity index (χ4v) is 0.689. The second kappa shape index (κ2) is 8.29. The van der Waals surface area contributed by atoms with Crippen molar-refractivity contribution in [2.45, 2.75) is 10.5 Å². The van der Waals surface area contributed by atoms with E-state index in [-0.39, 0.29) is 35.1 Å². The van der Waals surface area contributed by atoms with Crippen LogP contribution in [-0.2, 0) is 14.3 Å². The molecular weight excluding hydrogens is 310 g/mol. The van der Waals surface area contributed by atoms with Crippen molar-refractivity contribution < 1.29 is 49.0 Å². The third-order valence-electron chi connectivity index (χ3n) is 0.988. The van der Waals surface area contributed by atoms with Gasteiger partial charge in [0.25, 0.3) is 0 Å². The summed E-state index contributed by atoms with van der Waals surface area (Å²) in [5, 5.41) is 10.0. The molecule has 0 aromatic carbocycles. The Labute approximate surface area is 118 Å². The van der Waals surface area contributed by atoms with Crippen LogP contribution in [0.2, 0.25) is 0 Å². The van der Waals surface area contributed by atoms with Gasteiger partial charge in [0, 0.05) is 18.0 Å². The van der Waals surface area contributed by atoms with E-state index in [1.165, 1.54) is 0 Å². The molecule has 0 aromatic rings. The summed E-state index contributed by atoms with van der Waals surface area (Å²) in [7, 11) is 0. The summed E-state index contributed by atoms with van der Waals surface area (Å²) in [5.41, 5.74) is -0.183. The quantitative estimate of drug-likeness (QED) is 0.136. The Hall–Kier alpha value is -0.0300. The van der Waals surface area contributed by atoms with Gasteiger partial charge in [0.2, 0.25) is 4.11 Å². The van der Waals surface area contributed by atoms with E-state index >= 15 is 0 Å². The number of hydrogen-bond acceptors (Lipinski definition) is 4. The topological polar surface area (TPSA) is 66.4 Å². The molecule has 0 N–H and O–H groups in total. The molecule has 0 fully saturated rings. The van der Waals surface area contributed by atoms with Gasteiger partial charge in [-0.05, 0) is 22.6 Å². The predicted molar refractivity (Wildman–Crippen MR) is 51.5 cm³/mol. The van der Waals surface area contributed by atoms with Crippen molar-refractivity contribution in [2.24, 2.45) is 0 Å². The Morgan fingerprint density at radius 1 is 1.64 bits per heavy atom. The largest absolute Gasteiger partial charge is 1.00 e. The van der Waals surface area contributed by atoms with Crippen LogP contribution in [0.4, 0.5) is 0 Å². The minimum absolute atomic E-state index is 0. The molecule has 4 nitrogen and oxygen atoms in total. The molecule has 0 spiro atoms. The average Bonchev–Trinajstić information content (AvgIpc) is 2.02. The van der Waals surface area contributed by atoms with Gasteiger partial charge in [-0.25, -0.2) is 4.79 Å². The number of carboxylic acids is 1. The summed E-state index contributed by atoms with van der Waals surface area (Å²) in [6, 6.07) is 0. The van der Waals surface area contributed by atoms with Crippen molar-refractivity contribution in [3.05, 3.63) is 12.2 Å². The minimum atomic E-state index is -1.38. The number of carbonyl (C=O) groups is 2. The number of carbonyl (C=O) groups excluding carboxylic acids is 2. The number of halogens is 1. The predicted octanol–water partition coefficient (Wildman–Crippen LogP) is -3.38. The van der Waals surface area contributed by atoms with Gasteiger partial charge in [-0.2, -0.15) is 0 Å². The van der Waals surface area contributed by atoms with Crippen LogP contribution in [0.3, 0.4) is 0 Å².